The Kier molecular flexibility index (Phi) is 5.36. The van der Waals surface area contributed by atoms with Gasteiger partial charge in [0, 0.05) is 30.6 Å². The number of alkyl halides is 3. The summed E-state index contributed by atoms with van der Waals surface area (Å²) in [6, 6.07) is 3.16. The van der Waals surface area contributed by atoms with Crippen molar-refractivity contribution in [3.05, 3.63) is 36.2 Å². The Morgan fingerprint density at radius 1 is 1.32 bits per heavy atom. The number of urea groups is 1. The van der Waals surface area contributed by atoms with E-state index in [1.165, 1.54) is 24.5 Å². The number of halogens is 3. The van der Waals surface area contributed by atoms with Gasteiger partial charge in [-0.3, -0.25) is 0 Å². The zero-order chi connectivity index (χ0) is 22.4. The Morgan fingerprint density at radius 2 is 2.10 bits per heavy atom. The Morgan fingerprint density at radius 3 is 2.74 bits per heavy atom. The molecule has 7 nitrogen and oxygen atoms in total. The van der Waals surface area contributed by atoms with Gasteiger partial charge < -0.3 is 15.0 Å². The molecule has 2 heterocycles. The molecule has 1 N–H and O–H groups in total. The minimum Gasteiger partial charge on any atom is -0.379 e. The summed E-state index contributed by atoms with van der Waals surface area (Å²) in [5, 5.41) is 10.1. The number of anilines is 1. The summed E-state index contributed by atoms with van der Waals surface area (Å²) >= 11 is 0. The van der Waals surface area contributed by atoms with Crippen molar-refractivity contribution in [1.29, 1.82) is 0 Å². The number of piperidine rings is 1. The first-order valence-corrected chi connectivity index (χ1v) is 10.1. The lowest BCUT2D eigenvalue weighted by atomic mass is 9.62. The number of ether oxygens (including phenoxy) is 1. The predicted molar refractivity (Wildman–Crippen MR) is 107 cm³/mol. The second-order valence-electron chi connectivity index (χ2n) is 8.41. The number of rotatable bonds is 4. The van der Waals surface area contributed by atoms with Gasteiger partial charge in [-0.15, -0.1) is 5.10 Å². The molecule has 2 aliphatic rings. The monoisotopic (exact) mass is 435 g/mol. The summed E-state index contributed by atoms with van der Waals surface area (Å²) in [7, 11) is 1.62. The second-order valence-corrected chi connectivity index (χ2v) is 8.41. The van der Waals surface area contributed by atoms with Crippen molar-refractivity contribution in [2.45, 2.75) is 57.0 Å². The molecule has 0 spiro atoms. The van der Waals surface area contributed by atoms with Gasteiger partial charge in [0.15, 0.2) is 5.82 Å². The molecule has 4 rings (SSSR count). The number of methoxy groups -OCH3 is 1. The highest BCUT2D eigenvalue weighted by molar-refractivity contribution is 5.92. The highest BCUT2D eigenvalue weighted by Crippen LogP contribution is 2.52. The maximum atomic E-state index is 13.5. The van der Waals surface area contributed by atoms with E-state index in [0.717, 1.165) is 25.3 Å². The fraction of sp³-hybridized carbons (Fsp3) is 0.524. The number of benzene rings is 1. The number of amides is 2. The molecule has 1 aliphatic carbocycles. The third-order valence-corrected chi connectivity index (χ3v) is 6.44. The third kappa shape index (κ3) is 3.73. The van der Waals surface area contributed by atoms with Crippen molar-refractivity contribution >= 4 is 11.7 Å². The Hall–Kier alpha value is -2.75. The van der Waals surface area contributed by atoms with Crippen LogP contribution in [0.25, 0.3) is 11.4 Å². The normalized spacial score (nSPS) is 26.2. The topological polar surface area (TPSA) is 80.2 Å². The molecule has 1 saturated carbocycles. The maximum Gasteiger partial charge on any atom is 0.417 e. The fourth-order valence-corrected chi connectivity index (χ4v) is 5.09. The van der Waals surface area contributed by atoms with E-state index in [-0.39, 0.29) is 35.3 Å². The fourth-order valence-electron chi connectivity index (χ4n) is 5.09. The standard InChI is InChI=1S/C21H24F3N5O2/c1-12-8-15-11-20(10-12,13(2)31-3)29(15)19(30)27-14-4-5-17(21(22,23)24)16(9-14)18-25-6-7-26-28-18/h4-7,9,12-13,15H,8,10-11H2,1-3H3,(H,27,30)/t12-,13+,15-,20+/m0/s1. The first kappa shape index (κ1) is 21.5. The zero-order valence-electron chi connectivity index (χ0n) is 17.5. The largest absolute Gasteiger partial charge is 0.417 e. The van der Waals surface area contributed by atoms with Crippen LogP contribution in [-0.2, 0) is 10.9 Å². The molecule has 1 aromatic carbocycles. The molecular formula is C21H24F3N5O2. The second kappa shape index (κ2) is 7.74. The average molecular weight is 435 g/mol. The van der Waals surface area contributed by atoms with Crippen LogP contribution >= 0.6 is 0 Å². The lowest BCUT2D eigenvalue weighted by Crippen LogP contribution is -2.76. The lowest BCUT2D eigenvalue weighted by molar-refractivity contribution is -0.155. The van der Waals surface area contributed by atoms with Crippen LogP contribution in [-0.4, -0.2) is 50.9 Å². The molecule has 1 saturated heterocycles. The molecule has 2 fully saturated rings. The van der Waals surface area contributed by atoms with Crippen molar-refractivity contribution in [1.82, 2.24) is 20.1 Å². The van der Waals surface area contributed by atoms with Crippen LogP contribution in [0, 0.1) is 5.92 Å². The first-order valence-electron chi connectivity index (χ1n) is 10.1. The number of nitrogens with zero attached hydrogens (tertiary/aromatic N) is 4. The number of carbonyl (C=O) groups excluding carboxylic acids is 1. The van der Waals surface area contributed by atoms with Crippen LogP contribution in [0.1, 0.15) is 38.7 Å². The first-order chi connectivity index (χ1) is 14.7. The summed E-state index contributed by atoms with van der Waals surface area (Å²) < 4.78 is 46.1. The van der Waals surface area contributed by atoms with Crippen molar-refractivity contribution in [2.24, 2.45) is 5.92 Å². The van der Waals surface area contributed by atoms with Gasteiger partial charge in [0.1, 0.15) is 0 Å². The van der Waals surface area contributed by atoms with Crippen molar-refractivity contribution in [3.8, 4) is 11.4 Å². The van der Waals surface area contributed by atoms with Crippen LogP contribution in [0.5, 0.6) is 0 Å². The van der Waals surface area contributed by atoms with Gasteiger partial charge in [-0.1, -0.05) is 6.92 Å². The summed E-state index contributed by atoms with van der Waals surface area (Å²) in [4.78, 5) is 18.9. The maximum absolute atomic E-state index is 13.5. The van der Waals surface area contributed by atoms with Gasteiger partial charge in [0.2, 0.25) is 0 Å². The minimum atomic E-state index is -4.60. The Labute approximate surface area is 178 Å². The number of likely N-dealkylation sites (tertiary alicyclic amines) is 1. The summed E-state index contributed by atoms with van der Waals surface area (Å²) in [6.45, 7) is 4.11. The Balaban J connectivity index is 1.63. The quantitative estimate of drug-likeness (QED) is 0.772. The van der Waals surface area contributed by atoms with E-state index in [9.17, 15) is 18.0 Å². The summed E-state index contributed by atoms with van der Waals surface area (Å²) in [5.41, 5.74) is -1.30. The third-order valence-electron chi connectivity index (χ3n) is 6.44. The van der Waals surface area contributed by atoms with Crippen LogP contribution in [0.3, 0.4) is 0 Å². The van der Waals surface area contributed by atoms with Gasteiger partial charge in [0.05, 0.1) is 23.4 Å². The number of hydrogen-bond acceptors (Lipinski definition) is 5. The molecule has 2 bridgehead atoms. The number of fused-ring (bicyclic) bond motifs is 2. The van der Waals surface area contributed by atoms with Gasteiger partial charge in [0.25, 0.3) is 0 Å². The molecule has 0 unspecified atom stereocenters. The average Bonchev–Trinajstić information content (AvgIpc) is 2.72. The molecule has 0 radical (unpaired) electrons. The van der Waals surface area contributed by atoms with Crippen LogP contribution in [0.4, 0.5) is 23.7 Å². The zero-order valence-corrected chi connectivity index (χ0v) is 17.5. The van der Waals surface area contributed by atoms with Crippen molar-refractivity contribution < 1.29 is 22.7 Å². The molecule has 2 amide bonds. The molecule has 4 atom stereocenters. The van der Waals surface area contributed by atoms with Crippen LogP contribution in [0.15, 0.2) is 30.6 Å². The summed E-state index contributed by atoms with van der Waals surface area (Å²) in [6.07, 6.45) is 0.390. The molecular weight excluding hydrogens is 411 g/mol. The number of hydrogen-bond donors (Lipinski definition) is 1. The number of nitrogens with one attached hydrogen (secondary N) is 1. The van der Waals surface area contributed by atoms with Gasteiger partial charge in [-0.05, 0) is 50.3 Å². The SMILES string of the molecule is CO[C@H](C)[C@@]12C[C@@H](C)C[C@@H](C1)N2C(=O)Nc1ccc(C(F)(F)F)c(-c2nccnn2)c1. The molecule has 1 aromatic heterocycles. The van der Waals surface area contributed by atoms with Gasteiger partial charge in [-0.25, -0.2) is 9.78 Å². The predicted octanol–water partition coefficient (Wildman–Crippen LogP) is 4.37. The Bertz CT molecular complexity index is 971. The van der Waals surface area contributed by atoms with E-state index in [1.807, 2.05) is 6.92 Å². The smallest absolute Gasteiger partial charge is 0.379 e. The van der Waals surface area contributed by atoms with Gasteiger partial charge in [-0.2, -0.15) is 18.3 Å². The molecule has 2 aromatic rings. The van der Waals surface area contributed by atoms with E-state index < -0.39 is 17.3 Å². The van der Waals surface area contributed by atoms with E-state index in [1.54, 1.807) is 12.0 Å². The van der Waals surface area contributed by atoms with E-state index >= 15 is 0 Å². The highest BCUT2D eigenvalue weighted by atomic mass is 19.4. The summed E-state index contributed by atoms with van der Waals surface area (Å²) in [5.74, 6) is 0.311. The van der Waals surface area contributed by atoms with E-state index in [0.29, 0.717) is 5.92 Å². The molecule has 1 aliphatic heterocycles. The number of carbonyl (C=O) groups is 1. The van der Waals surface area contributed by atoms with Gasteiger partial charge >= 0.3 is 12.2 Å². The van der Waals surface area contributed by atoms with Crippen molar-refractivity contribution in [3.63, 3.8) is 0 Å². The van der Waals surface area contributed by atoms with Crippen molar-refractivity contribution in [2.75, 3.05) is 12.4 Å². The number of aromatic nitrogens is 3. The molecule has 31 heavy (non-hydrogen) atoms. The highest BCUT2D eigenvalue weighted by Gasteiger charge is 2.61. The lowest BCUT2D eigenvalue weighted by Gasteiger charge is -2.65. The van der Waals surface area contributed by atoms with Crippen LogP contribution in [0.2, 0.25) is 0 Å². The molecule has 10 heteroatoms. The molecule has 166 valence electrons. The van der Waals surface area contributed by atoms with E-state index in [4.69, 9.17) is 4.74 Å². The van der Waals surface area contributed by atoms with Crippen LogP contribution < -0.4 is 5.32 Å². The van der Waals surface area contributed by atoms with E-state index in [2.05, 4.69) is 27.4 Å². The minimum absolute atomic E-state index is 0.0944.